The van der Waals surface area contributed by atoms with Gasteiger partial charge in [-0.15, -0.1) is 5.10 Å². The first-order chi connectivity index (χ1) is 8.92. The number of methoxy groups -OCH3 is 1. The largest absolute Gasteiger partial charge is 0.464 e. The third kappa shape index (κ3) is 3.30. The molecule has 1 heterocycles. The minimum absolute atomic E-state index is 0.0713. The molecule has 0 saturated heterocycles. The summed E-state index contributed by atoms with van der Waals surface area (Å²) >= 11 is 0. The molecular weight excluding hydrogens is 248 g/mol. The van der Waals surface area contributed by atoms with Gasteiger partial charge in [-0.05, 0) is 20.3 Å². The molecule has 106 valence electrons. The molecule has 1 amide bonds. The quantitative estimate of drug-likeness (QED) is 0.726. The van der Waals surface area contributed by atoms with Crippen molar-refractivity contribution in [3.8, 4) is 0 Å². The molecule has 0 N–H and O–H groups in total. The molecule has 0 aromatic carbocycles. The lowest BCUT2D eigenvalue weighted by Gasteiger charge is -2.21. The zero-order chi connectivity index (χ0) is 14.6. The van der Waals surface area contributed by atoms with Crippen LogP contribution in [-0.4, -0.2) is 52.0 Å². The highest BCUT2D eigenvalue weighted by Gasteiger charge is 2.21. The van der Waals surface area contributed by atoms with Gasteiger partial charge in [-0.1, -0.05) is 12.1 Å². The zero-order valence-corrected chi connectivity index (χ0v) is 12.0. The van der Waals surface area contributed by atoms with Crippen molar-refractivity contribution < 1.29 is 14.3 Å². The summed E-state index contributed by atoms with van der Waals surface area (Å²) < 4.78 is 6.08. The van der Waals surface area contributed by atoms with Crippen molar-refractivity contribution in [3.63, 3.8) is 0 Å². The van der Waals surface area contributed by atoms with E-state index in [2.05, 4.69) is 15.0 Å². The van der Waals surface area contributed by atoms with E-state index in [1.807, 2.05) is 20.8 Å². The number of carbonyl (C=O) groups excluding carboxylic acids is 2. The SMILES string of the molecule is CCc1c(C(=O)OC)nnn1CC(=O)N(C)C(C)C. The van der Waals surface area contributed by atoms with Crippen molar-refractivity contribution in [1.82, 2.24) is 19.9 Å². The van der Waals surface area contributed by atoms with Crippen LogP contribution in [0.25, 0.3) is 0 Å². The molecule has 0 bridgehead atoms. The Bertz CT molecular complexity index is 468. The Kier molecular flexibility index (Phi) is 5.02. The summed E-state index contributed by atoms with van der Waals surface area (Å²) in [7, 11) is 3.02. The number of hydrogen-bond acceptors (Lipinski definition) is 5. The summed E-state index contributed by atoms with van der Waals surface area (Å²) in [4.78, 5) is 25.1. The summed E-state index contributed by atoms with van der Waals surface area (Å²) in [6, 6.07) is 0.112. The zero-order valence-electron chi connectivity index (χ0n) is 12.0. The molecular formula is C12H20N4O3. The Morgan fingerprint density at radius 3 is 2.53 bits per heavy atom. The van der Waals surface area contributed by atoms with E-state index >= 15 is 0 Å². The fourth-order valence-electron chi connectivity index (χ4n) is 1.59. The van der Waals surface area contributed by atoms with Crippen LogP contribution >= 0.6 is 0 Å². The normalized spacial score (nSPS) is 10.6. The number of likely N-dealkylation sites (N-methyl/N-ethyl adjacent to an activating group) is 1. The molecule has 0 spiro atoms. The molecule has 0 fully saturated rings. The van der Waals surface area contributed by atoms with Crippen LogP contribution in [0.4, 0.5) is 0 Å². The first-order valence-electron chi connectivity index (χ1n) is 6.18. The maximum atomic E-state index is 12.0. The average molecular weight is 268 g/mol. The van der Waals surface area contributed by atoms with Gasteiger partial charge in [0.15, 0.2) is 5.69 Å². The second-order valence-corrected chi connectivity index (χ2v) is 4.49. The van der Waals surface area contributed by atoms with Crippen LogP contribution in [-0.2, 0) is 22.5 Å². The number of ether oxygens (including phenoxy) is 1. The number of nitrogens with zero attached hydrogens (tertiary/aromatic N) is 4. The minimum atomic E-state index is -0.534. The third-order valence-electron chi connectivity index (χ3n) is 3.00. The van der Waals surface area contributed by atoms with Gasteiger partial charge in [0.2, 0.25) is 5.91 Å². The smallest absolute Gasteiger partial charge is 0.360 e. The maximum Gasteiger partial charge on any atom is 0.360 e. The highest BCUT2D eigenvalue weighted by molar-refractivity contribution is 5.88. The van der Waals surface area contributed by atoms with Crippen LogP contribution in [0.3, 0.4) is 0 Å². The van der Waals surface area contributed by atoms with E-state index in [0.717, 1.165) is 0 Å². The molecule has 0 aliphatic rings. The summed E-state index contributed by atoms with van der Waals surface area (Å²) in [5.41, 5.74) is 0.780. The van der Waals surface area contributed by atoms with Gasteiger partial charge in [-0.3, -0.25) is 4.79 Å². The first-order valence-corrected chi connectivity index (χ1v) is 6.18. The predicted molar refractivity (Wildman–Crippen MR) is 68.6 cm³/mol. The van der Waals surface area contributed by atoms with Crippen molar-refractivity contribution >= 4 is 11.9 Å². The molecule has 0 radical (unpaired) electrons. The molecule has 19 heavy (non-hydrogen) atoms. The van der Waals surface area contributed by atoms with Crippen molar-refractivity contribution in [1.29, 1.82) is 0 Å². The Morgan fingerprint density at radius 1 is 1.42 bits per heavy atom. The van der Waals surface area contributed by atoms with E-state index in [-0.39, 0.29) is 24.2 Å². The van der Waals surface area contributed by atoms with Crippen LogP contribution in [0, 0.1) is 0 Å². The van der Waals surface area contributed by atoms with Crippen LogP contribution < -0.4 is 0 Å². The molecule has 0 aliphatic heterocycles. The van der Waals surface area contributed by atoms with Crippen LogP contribution in [0.2, 0.25) is 0 Å². The molecule has 1 aromatic rings. The molecule has 1 aromatic heterocycles. The molecule has 0 atom stereocenters. The van der Waals surface area contributed by atoms with E-state index in [9.17, 15) is 9.59 Å². The Morgan fingerprint density at radius 2 is 2.05 bits per heavy atom. The van der Waals surface area contributed by atoms with Crippen LogP contribution in [0.15, 0.2) is 0 Å². The van der Waals surface area contributed by atoms with Gasteiger partial charge in [0, 0.05) is 13.1 Å². The molecule has 7 nitrogen and oxygen atoms in total. The van der Waals surface area contributed by atoms with Gasteiger partial charge in [-0.2, -0.15) is 0 Å². The van der Waals surface area contributed by atoms with E-state index < -0.39 is 5.97 Å². The van der Waals surface area contributed by atoms with Crippen molar-refractivity contribution in [2.75, 3.05) is 14.2 Å². The predicted octanol–water partition coefficient (Wildman–Crippen LogP) is 0.494. The standard InChI is InChI=1S/C12H20N4O3/c1-6-9-11(12(18)19-5)13-14-16(9)7-10(17)15(4)8(2)3/h8H,6-7H2,1-5H3. The van der Waals surface area contributed by atoms with E-state index in [1.165, 1.54) is 11.8 Å². The second-order valence-electron chi connectivity index (χ2n) is 4.49. The maximum absolute atomic E-state index is 12.0. The molecule has 0 saturated carbocycles. The molecule has 0 unspecified atom stereocenters. The van der Waals surface area contributed by atoms with Crippen molar-refractivity contribution in [2.45, 2.75) is 39.8 Å². The van der Waals surface area contributed by atoms with Crippen molar-refractivity contribution in [3.05, 3.63) is 11.4 Å². The second kappa shape index (κ2) is 6.31. The van der Waals surface area contributed by atoms with Crippen molar-refractivity contribution in [2.24, 2.45) is 0 Å². The fraction of sp³-hybridized carbons (Fsp3) is 0.667. The van der Waals surface area contributed by atoms with E-state index in [4.69, 9.17) is 0 Å². The van der Waals surface area contributed by atoms with E-state index in [0.29, 0.717) is 12.1 Å². The Hall–Kier alpha value is -1.92. The first kappa shape index (κ1) is 15.1. The van der Waals surface area contributed by atoms with E-state index in [1.54, 1.807) is 11.9 Å². The van der Waals surface area contributed by atoms with Gasteiger partial charge in [0.25, 0.3) is 0 Å². The Balaban J connectivity index is 2.94. The number of hydrogen-bond donors (Lipinski definition) is 0. The summed E-state index contributed by atoms with van der Waals surface area (Å²) in [6.07, 6.45) is 0.552. The lowest BCUT2D eigenvalue weighted by atomic mass is 10.2. The molecule has 0 aliphatic carbocycles. The summed E-state index contributed by atoms with van der Waals surface area (Å²) in [5.74, 6) is -0.612. The highest BCUT2D eigenvalue weighted by Crippen LogP contribution is 2.09. The van der Waals surface area contributed by atoms with Gasteiger partial charge >= 0.3 is 5.97 Å². The monoisotopic (exact) mass is 268 g/mol. The van der Waals surface area contributed by atoms with Crippen LogP contribution in [0.5, 0.6) is 0 Å². The number of aromatic nitrogens is 3. The lowest BCUT2D eigenvalue weighted by molar-refractivity contribution is -0.132. The van der Waals surface area contributed by atoms with Gasteiger partial charge < -0.3 is 9.64 Å². The lowest BCUT2D eigenvalue weighted by Crippen LogP contribution is -2.36. The van der Waals surface area contributed by atoms with Gasteiger partial charge in [0.1, 0.15) is 6.54 Å². The topological polar surface area (TPSA) is 77.3 Å². The fourth-order valence-corrected chi connectivity index (χ4v) is 1.59. The summed E-state index contributed by atoms with van der Waals surface area (Å²) in [5, 5.41) is 7.64. The molecule has 7 heteroatoms. The highest BCUT2D eigenvalue weighted by atomic mass is 16.5. The van der Waals surface area contributed by atoms with Gasteiger partial charge in [-0.25, -0.2) is 9.48 Å². The number of carbonyl (C=O) groups is 2. The van der Waals surface area contributed by atoms with Crippen LogP contribution in [0.1, 0.15) is 37.0 Å². The number of amides is 1. The summed E-state index contributed by atoms with van der Waals surface area (Å²) in [6.45, 7) is 5.81. The van der Waals surface area contributed by atoms with Gasteiger partial charge in [0.05, 0.1) is 12.8 Å². The Labute approximate surface area is 112 Å². The average Bonchev–Trinajstić information content (AvgIpc) is 2.79. The number of rotatable bonds is 5. The number of esters is 1. The third-order valence-corrected chi connectivity index (χ3v) is 3.00. The minimum Gasteiger partial charge on any atom is -0.464 e. The molecule has 1 rings (SSSR count).